The van der Waals surface area contributed by atoms with E-state index in [4.69, 9.17) is 10.5 Å². The number of ether oxygens (including phenoxy) is 1. The van der Waals surface area contributed by atoms with Crippen LogP contribution in [0.15, 0.2) is 53.0 Å². The minimum atomic E-state index is -4.68. The molecule has 45 heavy (non-hydrogen) atoms. The summed E-state index contributed by atoms with van der Waals surface area (Å²) in [5, 5.41) is 9.56. The van der Waals surface area contributed by atoms with Gasteiger partial charge in [-0.3, -0.25) is 14.5 Å². The first kappa shape index (κ1) is 33.9. The third-order valence-electron chi connectivity index (χ3n) is 7.52. The Hall–Kier alpha value is -3.94. The Balaban J connectivity index is 1.55. The topological polar surface area (TPSA) is 143 Å². The van der Waals surface area contributed by atoms with Crippen molar-refractivity contribution in [1.29, 1.82) is 0 Å². The molecule has 1 saturated carbocycles. The number of hydrogen-bond donors (Lipinski definition) is 3. The van der Waals surface area contributed by atoms with Crippen LogP contribution in [0.5, 0.6) is 0 Å². The summed E-state index contributed by atoms with van der Waals surface area (Å²) in [5.74, 6) is -2.54. The number of nitrogens with zero attached hydrogens (tertiary/aromatic N) is 3. The monoisotopic (exact) mass is 692 g/mol. The van der Waals surface area contributed by atoms with Crippen molar-refractivity contribution in [3.63, 3.8) is 0 Å². The van der Waals surface area contributed by atoms with Crippen molar-refractivity contribution in [3.05, 3.63) is 64.4 Å². The highest BCUT2D eigenvalue weighted by atomic mass is 79.9. The fourth-order valence-electron chi connectivity index (χ4n) is 5.28. The number of hydrogen-bond acceptors (Lipinski definition) is 6. The van der Waals surface area contributed by atoms with Gasteiger partial charge in [-0.25, -0.2) is 4.79 Å². The first-order chi connectivity index (χ1) is 21.1. The van der Waals surface area contributed by atoms with Gasteiger partial charge in [0.2, 0.25) is 17.6 Å². The molecule has 1 aliphatic rings. The molecule has 1 heterocycles. The van der Waals surface area contributed by atoms with E-state index in [1.807, 2.05) is 24.3 Å². The molecule has 3 aromatic rings. The molecule has 242 valence electrons. The Morgan fingerprint density at radius 1 is 1.02 bits per heavy atom. The molecule has 0 radical (unpaired) electrons. The number of halogens is 4. The van der Waals surface area contributed by atoms with E-state index in [-0.39, 0.29) is 24.1 Å². The molecule has 10 nitrogen and oxygen atoms in total. The van der Waals surface area contributed by atoms with Crippen molar-refractivity contribution in [1.82, 2.24) is 20.5 Å². The van der Waals surface area contributed by atoms with Gasteiger partial charge >= 0.3 is 12.3 Å². The number of carbonyl (C=O) groups is 3. The highest BCUT2D eigenvalue weighted by Gasteiger charge is 2.37. The SMILES string of the molecule is CC(C)(C)OC(=O)NC[C@H]1CC[C@H](C(=O)N(c2ccc(-c3nnc(C(F)(F)F)[nH]3)cc2)[C@@H](Cc2ccc(Br)cc2)C(N)=O)CC1. The number of H-pyrrole nitrogens is 1. The van der Waals surface area contributed by atoms with Crippen molar-refractivity contribution in [2.45, 2.75) is 70.7 Å². The normalized spacial score (nSPS) is 17.8. The third kappa shape index (κ3) is 9.28. The molecule has 4 rings (SSSR count). The molecule has 0 bridgehead atoms. The summed E-state index contributed by atoms with van der Waals surface area (Å²) in [6.07, 6.45) is -2.58. The van der Waals surface area contributed by atoms with Crippen LogP contribution in [0, 0.1) is 11.8 Å². The molecule has 0 spiro atoms. The maximum Gasteiger partial charge on any atom is 0.451 e. The van der Waals surface area contributed by atoms with Gasteiger partial charge in [0.15, 0.2) is 5.82 Å². The molecule has 2 aromatic carbocycles. The number of alkyl carbamates (subject to hydrolysis) is 1. The summed E-state index contributed by atoms with van der Waals surface area (Å²) < 4.78 is 45.3. The van der Waals surface area contributed by atoms with Crippen LogP contribution in [0.1, 0.15) is 57.8 Å². The lowest BCUT2D eigenvalue weighted by Gasteiger charge is -2.36. The summed E-state index contributed by atoms with van der Waals surface area (Å²) in [7, 11) is 0. The van der Waals surface area contributed by atoms with E-state index < -0.39 is 41.6 Å². The molecule has 0 unspecified atom stereocenters. The van der Waals surface area contributed by atoms with E-state index in [9.17, 15) is 27.6 Å². The molecular weight excluding hydrogens is 657 g/mol. The lowest BCUT2D eigenvalue weighted by molar-refractivity contribution is -0.144. The van der Waals surface area contributed by atoms with E-state index in [1.165, 1.54) is 17.0 Å². The van der Waals surface area contributed by atoms with Crippen LogP contribution in [-0.4, -0.2) is 51.3 Å². The third-order valence-corrected chi connectivity index (χ3v) is 8.05. The minimum Gasteiger partial charge on any atom is -0.444 e. The Labute approximate surface area is 267 Å². The van der Waals surface area contributed by atoms with Gasteiger partial charge < -0.3 is 20.8 Å². The van der Waals surface area contributed by atoms with Gasteiger partial charge in [-0.15, -0.1) is 10.2 Å². The Morgan fingerprint density at radius 2 is 1.64 bits per heavy atom. The average Bonchev–Trinajstić information content (AvgIpc) is 3.48. The predicted molar refractivity (Wildman–Crippen MR) is 165 cm³/mol. The first-order valence-electron chi connectivity index (χ1n) is 14.5. The number of benzene rings is 2. The van der Waals surface area contributed by atoms with E-state index in [0.717, 1.165) is 10.0 Å². The Bertz CT molecular complexity index is 1480. The number of carbonyl (C=O) groups excluding carboxylic acids is 3. The van der Waals surface area contributed by atoms with Crippen molar-refractivity contribution >= 4 is 39.5 Å². The molecule has 14 heteroatoms. The van der Waals surface area contributed by atoms with Gasteiger partial charge in [-0.2, -0.15) is 13.2 Å². The fourth-order valence-corrected chi connectivity index (χ4v) is 5.54. The second kappa shape index (κ2) is 14.0. The molecule has 1 atom stereocenters. The van der Waals surface area contributed by atoms with Gasteiger partial charge in [0.1, 0.15) is 11.6 Å². The number of aromatic nitrogens is 3. The molecule has 1 aromatic heterocycles. The zero-order chi connectivity index (χ0) is 32.9. The zero-order valence-corrected chi connectivity index (χ0v) is 26.7. The number of anilines is 1. The van der Waals surface area contributed by atoms with Crippen LogP contribution in [0.3, 0.4) is 0 Å². The van der Waals surface area contributed by atoms with E-state index in [2.05, 4.69) is 36.4 Å². The quantitative estimate of drug-likeness (QED) is 0.251. The maximum atomic E-state index is 14.2. The van der Waals surface area contributed by atoms with E-state index >= 15 is 0 Å². The zero-order valence-electron chi connectivity index (χ0n) is 25.2. The van der Waals surface area contributed by atoms with Gasteiger partial charge in [0.25, 0.3) is 0 Å². The molecule has 0 aliphatic heterocycles. The Morgan fingerprint density at radius 3 is 2.18 bits per heavy atom. The standard InChI is InChI=1S/C31H36BrF3N6O4/c1-30(2,3)45-29(44)37-17-19-4-8-21(9-5-19)27(43)41(24(25(36)42)16-18-6-12-22(32)13-7-18)23-14-10-20(11-15-23)26-38-28(40-39-26)31(33,34)35/h6-7,10-15,19,21,24H,4-5,8-9,16-17H2,1-3H3,(H2,36,42)(H,37,44)(H,38,39,40)/t19-,21-,24-/m0/s1. The molecule has 1 aliphatic carbocycles. The molecular formula is C31H36BrF3N6O4. The largest absolute Gasteiger partial charge is 0.451 e. The second-order valence-corrected chi connectivity index (χ2v) is 13.0. The summed E-state index contributed by atoms with van der Waals surface area (Å²) in [4.78, 5) is 42.7. The van der Waals surface area contributed by atoms with E-state index in [0.29, 0.717) is 43.5 Å². The summed E-state index contributed by atoms with van der Waals surface area (Å²) in [6, 6.07) is 12.4. The van der Waals surface area contributed by atoms with Crippen LogP contribution in [0.2, 0.25) is 0 Å². The van der Waals surface area contributed by atoms with Crippen molar-refractivity contribution < 1.29 is 32.3 Å². The van der Waals surface area contributed by atoms with Gasteiger partial charge in [0.05, 0.1) is 0 Å². The van der Waals surface area contributed by atoms with Gasteiger partial charge in [0, 0.05) is 34.6 Å². The lowest BCUT2D eigenvalue weighted by Crippen LogP contribution is -2.52. The number of rotatable bonds is 9. The number of nitrogens with two attached hydrogens (primary N) is 1. The number of amides is 3. The molecule has 0 saturated heterocycles. The summed E-state index contributed by atoms with van der Waals surface area (Å²) in [6.45, 7) is 5.79. The molecule has 4 N–H and O–H groups in total. The van der Waals surface area contributed by atoms with Gasteiger partial charge in [-0.1, -0.05) is 28.1 Å². The number of primary amides is 1. The summed E-state index contributed by atoms with van der Waals surface area (Å²) in [5.41, 5.74) is 6.76. The summed E-state index contributed by atoms with van der Waals surface area (Å²) >= 11 is 3.40. The highest BCUT2D eigenvalue weighted by Crippen LogP contribution is 2.34. The maximum absolute atomic E-state index is 14.2. The molecule has 3 amide bonds. The Kier molecular flexibility index (Phi) is 10.6. The van der Waals surface area contributed by atoms with Crippen molar-refractivity contribution in [2.75, 3.05) is 11.4 Å². The van der Waals surface area contributed by atoms with Crippen LogP contribution in [-0.2, 0) is 26.9 Å². The highest BCUT2D eigenvalue weighted by molar-refractivity contribution is 9.10. The molecule has 1 fully saturated rings. The minimum absolute atomic E-state index is 0.0913. The van der Waals surface area contributed by atoms with Crippen LogP contribution in [0.25, 0.3) is 11.4 Å². The number of alkyl halides is 3. The van der Waals surface area contributed by atoms with E-state index in [1.54, 1.807) is 32.9 Å². The van der Waals surface area contributed by atoms with Crippen LogP contribution in [0.4, 0.5) is 23.7 Å². The lowest BCUT2D eigenvalue weighted by atomic mass is 9.81. The van der Waals surface area contributed by atoms with Crippen LogP contribution < -0.4 is 16.0 Å². The number of nitrogens with one attached hydrogen (secondary N) is 2. The second-order valence-electron chi connectivity index (χ2n) is 12.1. The fraction of sp³-hybridized carbons (Fsp3) is 0.452. The van der Waals surface area contributed by atoms with Crippen molar-refractivity contribution in [3.8, 4) is 11.4 Å². The number of aromatic amines is 1. The van der Waals surface area contributed by atoms with Crippen LogP contribution >= 0.6 is 15.9 Å². The smallest absolute Gasteiger partial charge is 0.444 e. The average molecular weight is 694 g/mol. The predicted octanol–water partition coefficient (Wildman–Crippen LogP) is 6.01. The van der Waals surface area contributed by atoms with Crippen molar-refractivity contribution in [2.24, 2.45) is 17.6 Å². The first-order valence-corrected chi connectivity index (χ1v) is 15.3. The van der Waals surface area contributed by atoms with Gasteiger partial charge in [-0.05, 0) is 94.3 Å².